The molecule has 0 aromatic heterocycles. The van der Waals surface area contributed by atoms with Crippen LogP contribution in [-0.4, -0.2) is 16.3 Å². The van der Waals surface area contributed by atoms with Gasteiger partial charge in [-0.05, 0) is 0 Å². The molecule has 0 aliphatic heterocycles. The molecule has 3 heteroatoms. The van der Waals surface area contributed by atoms with Gasteiger partial charge in [-0.15, -0.1) is 5.79 Å². The molecule has 0 heterocycles. The molecule has 0 unspecified atom stereocenters. The third-order valence-corrected chi connectivity index (χ3v) is 0. The molecule has 28 valence electrons. The highest BCUT2D eigenvalue weighted by molar-refractivity contribution is 6.05. The first-order valence-corrected chi connectivity index (χ1v) is 3.00. The summed E-state index contributed by atoms with van der Waals surface area (Å²) in [5, 5.41) is 0. The van der Waals surface area contributed by atoms with Crippen molar-refractivity contribution in [3.8, 4) is 0 Å². The zero-order valence-electron chi connectivity index (χ0n) is 2.82. The van der Waals surface area contributed by atoms with E-state index in [2.05, 4.69) is 5.79 Å². The van der Waals surface area contributed by atoms with Gasteiger partial charge in [0.15, 0.2) is 0 Å². The van der Waals surface area contributed by atoms with Crippen molar-refractivity contribution < 1.29 is 9.41 Å². The monoisotopic (exact) mass is 84.0 g/mol. The molecule has 0 fully saturated rings. The van der Waals surface area contributed by atoms with Crippen LogP contribution in [0.5, 0.6) is 0 Å². The number of rotatable bonds is 0. The molecule has 0 bridgehead atoms. The third-order valence-electron chi connectivity index (χ3n) is 0. The topological polar surface area (TPSA) is 0 Å². The molecule has 0 aliphatic rings. The van der Waals surface area contributed by atoms with Crippen LogP contribution in [0.2, 0.25) is 5.79 Å². The van der Waals surface area contributed by atoms with Gasteiger partial charge in [-0.3, -0.25) is 9.41 Å². The zero-order valence-corrected chi connectivity index (χ0v) is 4.82. The summed E-state index contributed by atoms with van der Waals surface area (Å²) in [4.78, 5) is 0. The molecule has 0 aliphatic carbocycles. The lowest BCUT2D eigenvalue weighted by molar-refractivity contribution is 1.11. The second-order valence-corrected chi connectivity index (χ2v) is 0. The van der Waals surface area contributed by atoms with Crippen LogP contribution in [0.15, 0.2) is 0 Å². The van der Waals surface area contributed by atoms with Gasteiger partial charge >= 0.3 is 0 Å². The van der Waals surface area contributed by atoms with E-state index in [4.69, 9.17) is 0 Å². The fourth-order valence-electron chi connectivity index (χ4n) is 0. The summed E-state index contributed by atoms with van der Waals surface area (Å²) < 4.78 is 0. The predicted molar refractivity (Wildman–Crippen MR) is 19.4 cm³/mol. The van der Waals surface area contributed by atoms with Gasteiger partial charge < -0.3 is 0 Å². The number of halogens is 2. The van der Waals surface area contributed by atoms with E-state index in [9.17, 15) is 0 Å². The van der Waals surface area contributed by atoms with Crippen LogP contribution < -0.4 is 0 Å². The average Bonchev–Trinajstić information content (AvgIpc) is 1.00. The van der Waals surface area contributed by atoms with Gasteiger partial charge in [0.2, 0.25) is 16.3 Å². The van der Waals surface area contributed by atoms with Gasteiger partial charge in [0.05, 0.1) is 0 Å². The van der Waals surface area contributed by atoms with Gasteiger partial charge in [-0.1, -0.05) is 0 Å². The first kappa shape index (κ1) is 26.1. The summed E-state index contributed by atoms with van der Waals surface area (Å²) in [6, 6.07) is 0. The van der Waals surface area contributed by atoms with Gasteiger partial charge in [0, 0.05) is 0 Å². The summed E-state index contributed by atoms with van der Waals surface area (Å²) in [6.45, 7) is 0. The third kappa shape index (κ3) is 30.1. The van der Waals surface area contributed by atoms with E-state index < -0.39 is 0 Å². The molecular weight excluding hydrogens is 77.0 g/mol. The summed E-state index contributed by atoms with van der Waals surface area (Å²) in [7, 11) is 0. The van der Waals surface area contributed by atoms with Gasteiger partial charge in [0.1, 0.15) is 0 Å². The van der Waals surface area contributed by atoms with Crippen molar-refractivity contribution in [2.24, 2.45) is 0 Å². The molecule has 0 amide bonds. The normalized spacial score (nSPS) is 1.25. The molecule has 0 nitrogen and oxygen atoms in total. The highest BCUT2D eigenvalue weighted by Gasteiger charge is 1.06. The number of hydrogen-bond acceptors (Lipinski definition) is 0. The predicted octanol–water partition coefficient (Wildman–Crippen LogP) is -0.0274. The van der Waals surface area contributed by atoms with Crippen LogP contribution >= 0.6 is 0 Å². The molecule has 0 radical (unpaired) electrons. The molecule has 0 spiro atoms. The minimum absolute atomic E-state index is 0. The van der Waals surface area contributed by atoms with Crippen molar-refractivity contribution >= 4 is 16.3 Å². The summed E-state index contributed by atoms with van der Waals surface area (Å²) in [6.07, 6.45) is 0. The summed E-state index contributed by atoms with van der Waals surface area (Å²) in [5.41, 5.74) is 0. The molecule has 4 heavy (non-hydrogen) atoms. The van der Waals surface area contributed by atoms with E-state index in [1.807, 2.05) is 0 Å². The average molecular weight is 84.0 g/mol. The van der Waals surface area contributed by atoms with Crippen molar-refractivity contribution in [2.75, 3.05) is 0 Å². The quantitative estimate of drug-likeness (QED) is 0.361. The largest absolute Gasteiger partial charge is 0.269 e. The Kier molecular flexibility index (Phi) is 822. The smallest absolute Gasteiger partial charge is 0.207 e. The minimum Gasteiger partial charge on any atom is -0.269 e. The highest BCUT2D eigenvalue weighted by Crippen LogP contribution is 0.960. The van der Waals surface area contributed by atoms with Crippen LogP contribution in [0, 0.1) is 0 Å². The van der Waals surface area contributed by atoms with E-state index >= 15 is 0 Å². The van der Waals surface area contributed by atoms with Crippen molar-refractivity contribution in [1.82, 2.24) is 0 Å². The van der Waals surface area contributed by atoms with Crippen LogP contribution in [0.25, 0.3) is 0 Å². The standard InChI is InChI=1S/CH3.Al.2FH.2H/h1H3;;2*1H;;. The fourth-order valence-corrected chi connectivity index (χ4v) is 0. The lowest BCUT2D eigenvalue weighted by Crippen LogP contribution is -1.13. The highest BCUT2D eigenvalue weighted by atomic mass is 27.0. The van der Waals surface area contributed by atoms with Crippen LogP contribution in [-0.2, 0) is 0 Å². The Labute approximate surface area is 32.4 Å². The molecule has 0 saturated heterocycles. The van der Waals surface area contributed by atoms with Gasteiger partial charge in [-0.25, -0.2) is 0 Å². The Hall–Kier alpha value is 0.392. The van der Waals surface area contributed by atoms with Crippen molar-refractivity contribution in [2.45, 2.75) is 5.79 Å². The number of hydrogen-bond donors (Lipinski definition) is 0. The Balaban J connectivity index is -0.00000000500. The summed E-state index contributed by atoms with van der Waals surface area (Å²) in [5.74, 6) is 2.14. The van der Waals surface area contributed by atoms with Crippen molar-refractivity contribution in [3.05, 3.63) is 0 Å². The maximum Gasteiger partial charge on any atom is 0.207 e. The van der Waals surface area contributed by atoms with E-state index in [0.717, 1.165) is 0 Å². The van der Waals surface area contributed by atoms with Crippen LogP contribution in [0.1, 0.15) is 0 Å². The van der Waals surface area contributed by atoms with E-state index in [1.165, 1.54) is 16.3 Å². The first-order chi connectivity index (χ1) is 1.00. The van der Waals surface area contributed by atoms with Crippen LogP contribution in [0.4, 0.5) is 9.41 Å². The molecule has 0 aromatic rings. The lowest BCUT2D eigenvalue weighted by Gasteiger charge is -0.965. The second-order valence-electron chi connectivity index (χ2n) is 0. The molecule has 0 rings (SSSR count). The fraction of sp³-hybridized carbons (Fsp3) is 1.00. The molecule has 0 aromatic carbocycles. The Morgan fingerprint density at radius 2 is 1.00 bits per heavy atom. The van der Waals surface area contributed by atoms with E-state index in [-0.39, 0.29) is 9.41 Å². The van der Waals surface area contributed by atoms with Crippen molar-refractivity contribution in [1.29, 1.82) is 0 Å². The Bertz CT molecular complexity index is 6.00. The molecule has 0 N–H and O–H groups in total. The maximum atomic E-state index is 2.14. The van der Waals surface area contributed by atoms with E-state index in [1.54, 1.807) is 0 Å². The minimum atomic E-state index is 0. The van der Waals surface area contributed by atoms with Gasteiger partial charge in [-0.2, -0.15) is 0 Å². The Morgan fingerprint density at radius 3 is 1.00 bits per heavy atom. The van der Waals surface area contributed by atoms with Crippen LogP contribution in [0.3, 0.4) is 0 Å². The zero-order chi connectivity index (χ0) is 2.00. The van der Waals surface area contributed by atoms with E-state index in [0.29, 0.717) is 0 Å². The van der Waals surface area contributed by atoms with Gasteiger partial charge in [0.25, 0.3) is 0 Å². The van der Waals surface area contributed by atoms with Crippen molar-refractivity contribution in [3.63, 3.8) is 0 Å². The Morgan fingerprint density at radius 1 is 1.00 bits per heavy atom. The molecule has 0 atom stereocenters. The second kappa shape index (κ2) is 126. The first-order valence-electron chi connectivity index (χ1n) is 1.00. The maximum absolute atomic E-state index is 2.14. The SMILES string of the molecule is F.F.[CH3][AlH2]. The summed E-state index contributed by atoms with van der Waals surface area (Å²) >= 11 is 1.31. The lowest BCUT2D eigenvalue weighted by atomic mass is 11.9. The molecular formula is CH7AlF2. The molecule has 0 saturated carbocycles.